The van der Waals surface area contributed by atoms with Gasteiger partial charge >= 0.3 is 0 Å². The molecule has 2 aromatic carbocycles. The van der Waals surface area contributed by atoms with Crippen molar-refractivity contribution in [3.63, 3.8) is 0 Å². The van der Waals surface area contributed by atoms with E-state index in [4.69, 9.17) is 11.5 Å². The first-order valence-corrected chi connectivity index (χ1v) is 9.63. The fourth-order valence-electron chi connectivity index (χ4n) is 3.13. The number of aldehydes is 1. The van der Waals surface area contributed by atoms with Crippen molar-refractivity contribution in [2.24, 2.45) is 17.4 Å². The Morgan fingerprint density at radius 1 is 1.17 bits per heavy atom. The fourth-order valence-corrected chi connectivity index (χ4v) is 3.13. The van der Waals surface area contributed by atoms with Crippen LogP contribution in [-0.2, 0) is 4.79 Å². The standard InChI is InChI=1S/C18H14O.C6H15N3O/c19-13-15-8-6-14(7-9-15)10-11-17-12-18(17)16-4-2-1-3-5-16;1-6(2,8)4(9-3)5(7)10/h1-9,13,17-18H,12H2;4,9H,8H2,1-3H3,(H2,7,10). The molecule has 0 radical (unpaired) electrons. The third kappa shape index (κ3) is 6.86. The lowest BCUT2D eigenvalue weighted by Crippen LogP contribution is -2.58. The number of hydrogen-bond donors (Lipinski definition) is 3. The van der Waals surface area contributed by atoms with Crippen LogP contribution in [0.1, 0.15) is 47.7 Å². The normalized spacial score (nSPS) is 18.3. The van der Waals surface area contributed by atoms with Gasteiger partial charge in [-0.05, 0) is 50.9 Å². The molecule has 1 aliphatic rings. The van der Waals surface area contributed by atoms with Crippen LogP contribution < -0.4 is 16.8 Å². The second-order valence-corrected chi connectivity index (χ2v) is 7.81. The van der Waals surface area contributed by atoms with Gasteiger partial charge in [0.2, 0.25) is 5.91 Å². The van der Waals surface area contributed by atoms with Crippen LogP contribution in [0.4, 0.5) is 0 Å². The van der Waals surface area contributed by atoms with Crippen LogP contribution in [0.5, 0.6) is 0 Å². The lowest BCUT2D eigenvalue weighted by atomic mass is 9.96. The molecule has 0 heterocycles. The minimum atomic E-state index is -0.597. The fraction of sp³-hybridized carbons (Fsp3) is 0.333. The Kier molecular flexibility index (Phi) is 7.72. The number of nitrogens with two attached hydrogens (primary N) is 2. The monoisotopic (exact) mass is 391 g/mol. The molecule has 5 heteroatoms. The van der Waals surface area contributed by atoms with Crippen molar-refractivity contribution in [2.45, 2.75) is 37.8 Å². The van der Waals surface area contributed by atoms with E-state index in [9.17, 15) is 9.59 Å². The highest BCUT2D eigenvalue weighted by Crippen LogP contribution is 2.46. The summed E-state index contributed by atoms with van der Waals surface area (Å²) in [5.74, 6) is 7.17. The molecule has 3 unspecified atom stereocenters. The summed E-state index contributed by atoms with van der Waals surface area (Å²) in [4.78, 5) is 21.2. The number of amides is 1. The van der Waals surface area contributed by atoms with Gasteiger partial charge in [-0.1, -0.05) is 54.3 Å². The summed E-state index contributed by atoms with van der Waals surface area (Å²) in [6, 6.07) is 17.5. The number of benzene rings is 2. The molecule has 0 bridgehead atoms. The first kappa shape index (κ1) is 22.4. The van der Waals surface area contributed by atoms with E-state index in [0.717, 1.165) is 18.3 Å². The van der Waals surface area contributed by atoms with Crippen molar-refractivity contribution in [1.29, 1.82) is 0 Å². The van der Waals surface area contributed by atoms with E-state index < -0.39 is 17.5 Å². The maximum atomic E-state index is 10.7. The van der Waals surface area contributed by atoms with Gasteiger partial charge in [0.15, 0.2) is 0 Å². The van der Waals surface area contributed by atoms with Crippen molar-refractivity contribution in [2.75, 3.05) is 7.05 Å². The Bertz CT molecular complexity index is 874. The van der Waals surface area contributed by atoms with Crippen LogP contribution >= 0.6 is 0 Å². The molecule has 0 aromatic heterocycles. The Morgan fingerprint density at radius 3 is 2.24 bits per heavy atom. The summed E-state index contributed by atoms with van der Waals surface area (Å²) in [6.45, 7) is 3.50. The minimum Gasteiger partial charge on any atom is -0.368 e. The summed E-state index contributed by atoms with van der Waals surface area (Å²) < 4.78 is 0. The SMILES string of the molecule is CNC(C(N)=O)C(C)(C)N.O=Cc1ccc(C#CC2CC2c2ccccc2)cc1. The van der Waals surface area contributed by atoms with E-state index in [-0.39, 0.29) is 0 Å². The lowest BCUT2D eigenvalue weighted by Gasteiger charge is -2.26. The van der Waals surface area contributed by atoms with Crippen molar-refractivity contribution in [3.05, 3.63) is 71.3 Å². The quantitative estimate of drug-likeness (QED) is 0.539. The highest BCUT2D eigenvalue weighted by molar-refractivity contribution is 5.81. The molecule has 5 nitrogen and oxygen atoms in total. The van der Waals surface area contributed by atoms with Crippen molar-refractivity contribution < 1.29 is 9.59 Å². The average Bonchev–Trinajstić information content (AvgIpc) is 3.47. The summed E-state index contributed by atoms with van der Waals surface area (Å²) in [5, 5.41) is 2.74. The first-order valence-electron chi connectivity index (χ1n) is 9.63. The molecule has 29 heavy (non-hydrogen) atoms. The molecule has 1 fully saturated rings. The predicted molar refractivity (Wildman–Crippen MR) is 116 cm³/mol. The van der Waals surface area contributed by atoms with Gasteiger partial charge in [0.25, 0.3) is 0 Å². The molecule has 1 aliphatic carbocycles. The van der Waals surface area contributed by atoms with Crippen LogP contribution in [0.25, 0.3) is 0 Å². The van der Waals surface area contributed by atoms with Crippen molar-refractivity contribution in [3.8, 4) is 11.8 Å². The summed E-state index contributed by atoms with van der Waals surface area (Å²) in [7, 11) is 1.66. The Balaban J connectivity index is 0.000000257. The second-order valence-electron chi connectivity index (χ2n) is 7.81. The summed E-state index contributed by atoms with van der Waals surface area (Å²) in [6.07, 6.45) is 2.01. The van der Waals surface area contributed by atoms with E-state index in [1.54, 1.807) is 33.0 Å². The van der Waals surface area contributed by atoms with Crippen LogP contribution in [0.2, 0.25) is 0 Å². The molecule has 0 aliphatic heterocycles. The maximum absolute atomic E-state index is 10.7. The summed E-state index contributed by atoms with van der Waals surface area (Å²) >= 11 is 0. The van der Waals surface area contributed by atoms with E-state index in [0.29, 0.717) is 17.4 Å². The zero-order valence-corrected chi connectivity index (χ0v) is 17.2. The molecule has 3 atom stereocenters. The molecule has 3 rings (SSSR count). The van der Waals surface area contributed by atoms with Gasteiger partial charge in [-0.15, -0.1) is 0 Å². The molecule has 152 valence electrons. The second kappa shape index (κ2) is 10.0. The Hall–Kier alpha value is -2.94. The van der Waals surface area contributed by atoms with Crippen LogP contribution in [0.3, 0.4) is 0 Å². The van der Waals surface area contributed by atoms with Gasteiger partial charge in [0.1, 0.15) is 12.3 Å². The Morgan fingerprint density at radius 2 is 1.79 bits per heavy atom. The molecular weight excluding hydrogens is 362 g/mol. The number of carbonyl (C=O) groups excluding carboxylic acids is 2. The van der Waals surface area contributed by atoms with Crippen molar-refractivity contribution >= 4 is 12.2 Å². The molecule has 1 saturated carbocycles. The van der Waals surface area contributed by atoms with E-state index in [1.165, 1.54) is 5.56 Å². The number of rotatable bonds is 5. The third-order valence-electron chi connectivity index (χ3n) is 4.78. The van der Waals surface area contributed by atoms with Gasteiger partial charge in [0, 0.05) is 22.6 Å². The molecule has 1 amide bonds. The highest BCUT2D eigenvalue weighted by Gasteiger charge is 2.36. The lowest BCUT2D eigenvalue weighted by molar-refractivity contribution is -0.121. The largest absolute Gasteiger partial charge is 0.368 e. The molecule has 0 spiro atoms. The molecule has 2 aromatic rings. The van der Waals surface area contributed by atoms with E-state index in [2.05, 4.69) is 41.4 Å². The third-order valence-corrected chi connectivity index (χ3v) is 4.78. The maximum Gasteiger partial charge on any atom is 0.236 e. The summed E-state index contributed by atoms with van der Waals surface area (Å²) in [5.41, 5.74) is 13.1. The molecule has 0 saturated heterocycles. The van der Waals surface area contributed by atoms with E-state index in [1.807, 2.05) is 18.2 Å². The van der Waals surface area contributed by atoms with Crippen molar-refractivity contribution in [1.82, 2.24) is 5.32 Å². The van der Waals surface area contributed by atoms with Gasteiger partial charge in [-0.25, -0.2) is 0 Å². The number of carbonyl (C=O) groups is 2. The topological polar surface area (TPSA) is 98.2 Å². The van der Waals surface area contributed by atoms with Gasteiger partial charge in [-0.2, -0.15) is 0 Å². The van der Waals surface area contributed by atoms with Crippen LogP contribution in [0.15, 0.2) is 54.6 Å². The zero-order chi connectivity index (χ0) is 21.4. The first-order chi connectivity index (χ1) is 13.8. The average molecular weight is 392 g/mol. The van der Waals surface area contributed by atoms with Crippen LogP contribution in [0, 0.1) is 17.8 Å². The van der Waals surface area contributed by atoms with Gasteiger partial charge in [-0.3, -0.25) is 9.59 Å². The van der Waals surface area contributed by atoms with Gasteiger partial charge in [0.05, 0.1) is 0 Å². The minimum absolute atomic E-state index is 0.421. The Labute approximate surface area is 172 Å². The smallest absolute Gasteiger partial charge is 0.236 e. The highest BCUT2D eigenvalue weighted by atomic mass is 16.1. The molecular formula is C24H29N3O2. The predicted octanol–water partition coefficient (Wildman–Crippen LogP) is 2.45. The van der Waals surface area contributed by atoms with Gasteiger partial charge < -0.3 is 16.8 Å². The zero-order valence-electron chi connectivity index (χ0n) is 17.2. The number of primary amides is 1. The number of hydrogen-bond acceptors (Lipinski definition) is 4. The van der Waals surface area contributed by atoms with Crippen LogP contribution in [-0.4, -0.2) is 30.8 Å². The number of likely N-dealkylation sites (N-methyl/N-ethyl adjacent to an activating group) is 1. The molecule has 5 N–H and O–H groups in total. The number of nitrogens with one attached hydrogen (secondary N) is 1. The van der Waals surface area contributed by atoms with E-state index >= 15 is 0 Å².